The van der Waals surface area contributed by atoms with Gasteiger partial charge in [-0.05, 0) is 11.6 Å². The normalized spacial score (nSPS) is 17.8. The number of hydrogen-bond donors (Lipinski definition) is 0. The van der Waals surface area contributed by atoms with E-state index in [2.05, 4.69) is 41.1 Å². The van der Waals surface area contributed by atoms with Crippen LogP contribution in [0.1, 0.15) is 19.4 Å². The van der Waals surface area contributed by atoms with E-state index in [1.807, 2.05) is 19.2 Å². The van der Waals surface area contributed by atoms with E-state index in [0.29, 0.717) is 5.75 Å². The summed E-state index contributed by atoms with van der Waals surface area (Å²) in [5, 5.41) is 7.72. The van der Waals surface area contributed by atoms with Crippen LogP contribution >= 0.6 is 23.1 Å². The monoisotopic (exact) mass is 331 g/mol. The minimum atomic E-state index is -0.158. The highest BCUT2D eigenvalue weighted by Gasteiger charge is 2.38. The number of carbonyl (C=O) groups is 1. The summed E-state index contributed by atoms with van der Waals surface area (Å²) in [5.74, 6) is 0.488. The topological polar surface area (TPSA) is 46.1 Å². The Morgan fingerprint density at radius 1 is 1.41 bits per heavy atom. The molecule has 0 spiro atoms. The minimum absolute atomic E-state index is 0.0999. The van der Waals surface area contributed by atoms with Crippen LogP contribution in [0, 0.1) is 0 Å². The van der Waals surface area contributed by atoms with Gasteiger partial charge in [0.1, 0.15) is 5.51 Å². The van der Waals surface area contributed by atoms with Crippen LogP contribution in [-0.2, 0) is 10.2 Å². The van der Waals surface area contributed by atoms with E-state index in [1.54, 1.807) is 11.6 Å². The van der Waals surface area contributed by atoms with Crippen molar-refractivity contribution in [3.8, 4) is 0 Å². The molecule has 0 saturated heterocycles. The zero-order chi connectivity index (χ0) is 15.7. The Labute approximate surface area is 138 Å². The number of hydrogen-bond acceptors (Lipinski definition) is 6. The number of fused-ring (bicyclic) bond motifs is 1. The van der Waals surface area contributed by atoms with Gasteiger partial charge in [0.2, 0.25) is 0 Å². The Balaban J connectivity index is 1.81. The minimum Gasteiger partial charge on any atom is -0.347 e. The second-order valence-corrected chi connectivity index (χ2v) is 7.75. The lowest BCUT2D eigenvalue weighted by atomic mass is 9.83. The van der Waals surface area contributed by atoms with E-state index in [0.717, 1.165) is 10.0 Å². The molecule has 0 radical (unpaired) electrons. The molecule has 0 unspecified atom stereocenters. The van der Waals surface area contributed by atoms with Crippen LogP contribution in [0.4, 0.5) is 5.69 Å². The Morgan fingerprint density at radius 2 is 2.18 bits per heavy atom. The number of rotatable bonds is 4. The molecule has 2 aromatic rings. The van der Waals surface area contributed by atoms with Crippen molar-refractivity contribution in [3.05, 3.63) is 47.1 Å². The molecule has 0 fully saturated rings. The van der Waals surface area contributed by atoms with Gasteiger partial charge >= 0.3 is 0 Å². The highest BCUT2D eigenvalue weighted by molar-refractivity contribution is 8.01. The molecule has 1 aromatic heterocycles. The first-order valence-corrected chi connectivity index (χ1v) is 8.84. The number of aromatic nitrogens is 2. The fourth-order valence-corrected chi connectivity index (χ4v) is 4.12. The third-order valence-electron chi connectivity index (χ3n) is 3.92. The molecule has 0 bridgehead atoms. The van der Waals surface area contributed by atoms with Gasteiger partial charge in [-0.3, -0.25) is 4.79 Å². The summed E-state index contributed by atoms with van der Waals surface area (Å²) in [6.45, 7) is 4.32. The zero-order valence-electron chi connectivity index (χ0n) is 12.7. The first-order chi connectivity index (χ1) is 10.5. The lowest BCUT2D eigenvalue weighted by Gasteiger charge is -2.23. The Kier molecular flexibility index (Phi) is 4.06. The molecular weight excluding hydrogens is 314 g/mol. The van der Waals surface area contributed by atoms with E-state index in [9.17, 15) is 4.79 Å². The number of allylic oxidation sites excluding steroid dienone is 2. The molecule has 6 heteroatoms. The Morgan fingerprint density at radius 3 is 2.86 bits per heavy atom. The van der Waals surface area contributed by atoms with Gasteiger partial charge in [0.25, 0.3) is 0 Å². The fourth-order valence-electron chi connectivity index (χ4n) is 2.81. The van der Waals surface area contributed by atoms with E-state index < -0.39 is 0 Å². The molecular formula is C16H17N3OS2. The number of para-hydroxylation sites is 1. The van der Waals surface area contributed by atoms with Crippen molar-refractivity contribution in [2.75, 3.05) is 17.7 Å². The largest absolute Gasteiger partial charge is 0.347 e. The SMILES string of the molecule is CN1/C(=C\C(=O)CSc2nncs2)C(C)(C)c2ccccc21. The highest BCUT2D eigenvalue weighted by atomic mass is 32.2. The first-order valence-electron chi connectivity index (χ1n) is 6.97. The quantitative estimate of drug-likeness (QED) is 0.634. The predicted octanol–water partition coefficient (Wildman–Crippen LogP) is 3.51. The van der Waals surface area contributed by atoms with Crippen LogP contribution in [0.25, 0.3) is 0 Å². The van der Waals surface area contributed by atoms with Crippen molar-refractivity contribution in [1.82, 2.24) is 10.2 Å². The summed E-state index contributed by atoms with van der Waals surface area (Å²) in [4.78, 5) is 14.4. The third kappa shape index (κ3) is 2.68. The molecule has 4 nitrogen and oxygen atoms in total. The van der Waals surface area contributed by atoms with Gasteiger partial charge < -0.3 is 4.90 Å². The maximum Gasteiger partial charge on any atom is 0.174 e. The molecule has 114 valence electrons. The van der Waals surface area contributed by atoms with Gasteiger partial charge in [-0.2, -0.15) is 0 Å². The highest BCUT2D eigenvalue weighted by Crippen LogP contribution is 2.46. The van der Waals surface area contributed by atoms with Crippen LogP contribution in [0.15, 0.2) is 45.9 Å². The number of nitrogens with zero attached hydrogens (tertiary/aromatic N) is 3. The lowest BCUT2D eigenvalue weighted by Crippen LogP contribution is -2.24. The summed E-state index contributed by atoms with van der Waals surface area (Å²) in [7, 11) is 2.02. The Hall–Kier alpha value is -1.66. The molecule has 2 heterocycles. The summed E-state index contributed by atoms with van der Waals surface area (Å²) in [5.41, 5.74) is 4.98. The fraction of sp³-hybridized carbons (Fsp3) is 0.312. The molecule has 1 aliphatic rings. The van der Waals surface area contributed by atoms with E-state index in [1.165, 1.54) is 34.3 Å². The third-order valence-corrected chi connectivity index (χ3v) is 5.80. The van der Waals surface area contributed by atoms with Gasteiger partial charge in [0, 0.05) is 29.9 Å². The average Bonchev–Trinajstić information content (AvgIpc) is 3.08. The molecule has 1 aromatic carbocycles. The number of carbonyl (C=O) groups excluding carboxylic acids is 1. The molecule has 3 rings (SSSR count). The van der Waals surface area contributed by atoms with Crippen LogP contribution in [0.3, 0.4) is 0 Å². The van der Waals surface area contributed by atoms with Gasteiger partial charge in [-0.15, -0.1) is 10.2 Å². The van der Waals surface area contributed by atoms with Crippen LogP contribution in [0.5, 0.6) is 0 Å². The maximum atomic E-state index is 12.3. The predicted molar refractivity (Wildman–Crippen MR) is 91.6 cm³/mol. The number of thioether (sulfide) groups is 1. The first kappa shape index (κ1) is 15.2. The zero-order valence-corrected chi connectivity index (χ0v) is 14.4. The van der Waals surface area contributed by atoms with E-state index >= 15 is 0 Å². The van der Waals surface area contributed by atoms with Crippen molar-refractivity contribution >= 4 is 34.6 Å². The molecule has 0 aliphatic carbocycles. The maximum absolute atomic E-state index is 12.3. The summed E-state index contributed by atoms with van der Waals surface area (Å²) < 4.78 is 0.828. The number of ketones is 1. The van der Waals surface area contributed by atoms with Crippen molar-refractivity contribution in [2.45, 2.75) is 23.6 Å². The molecule has 0 amide bonds. The second kappa shape index (κ2) is 5.85. The molecule has 22 heavy (non-hydrogen) atoms. The number of anilines is 1. The smallest absolute Gasteiger partial charge is 0.174 e. The average molecular weight is 331 g/mol. The van der Waals surface area contributed by atoms with Crippen LogP contribution in [0.2, 0.25) is 0 Å². The Bertz CT molecular complexity index is 723. The van der Waals surface area contributed by atoms with Crippen molar-refractivity contribution in [1.29, 1.82) is 0 Å². The van der Waals surface area contributed by atoms with Gasteiger partial charge in [-0.1, -0.05) is 55.1 Å². The van der Waals surface area contributed by atoms with Crippen LogP contribution in [-0.4, -0.2) is 28.8 Å². The van der Waals surface area contributed by atoms with Crippen molar-refractivity contribution in [3.63, 3.8) is 0 Å². The lowest BCUT2D eigenvalue weighted by molar-refractivity contribution is -0.112. The van der Waals surface area contributed by atoms with E-state index in [-0.39, 0.29) is 11.2 Å². The van der Waals surface area contributed by atoms with Gasteiger partial charge in [0.15, 0.2) is 10.1 Å². The molecule has 1 aliphatic heterocycles. The molecule has 0 N–H and O–H groups in total. The number of benzene rings is 1. The summed E-state index contributed by atoms with van der Waals surface area (Å²) in [6, 6.07) is 8.30. The summed E-state index contributed by atoms with van der Waals surface area (Å²) >= 11 is 2.89. The van der Waals surface area contributed by atoms with Gasteiger partial charge in [-0.25, -0.2) is 0 Å². The number of likely N-dealkylation sites (N-methyl/N-ethyl adjacent to an activating group) is 1. The second-order valence-electron chi connectivity index (χ2n) is 5.69. The van der Waals surface area contributed by atoms with Crippen molar-refractivity contribution < 1.29 is 4.79 Å². The molecule has 0 atom stereocenters. The molecule has 0 saturated carbocycles. The summed E-state index contributed by atoms with van der Waals surface area (Å²) in [6.07, 6.45) is 1.77. The van der Waals surface area contributed by atoms with Crippen molar-refractivity contribution in [2.24, 2.45) is 0 Å². The van der Waals surface area contributed by atoms with Crippen LogP contribution < -0.4 is 4.90 Å². The standard InChI is InChI=1S/C16H17N3OS2/c1-16(2)12-6-4-5-7-13(12)19(3)14(16)8-11(20)9-21-15-18-17-10-22-15/h4-8,10H,9H2,1-3H3/b14-8-. The van der Waals surface area contributed by atoms with E-state index in [4.69, 9.17) is 0 Å². The van der Waals surface area contributed by atoms with Gasteiger partial charge in [0.05, 0.1) is 5.75 Å².